The Morgan fingerprint density at radius 1 is 1.44 bits per heavy atom. The molecule has 0 aromatic heterocycles. The van der Waals surface area contributed by atoms with Gasteiger partial charge in [0, 0.05) is 6.07 Å². The fourth-order valence-corrected chi connectivity index (χ4v) is 1.28. The summed E-state index contributed by atoms with van der Waals surface area (Å²) in [4.78, 5) is 3.82. The molecule has 1 aliphatic heterocycles. The van der Waals surface area contributed by atoms with Gasteiger partial charge in [-0.25, -0.2) is 13.8 Å². The summed E-state index contributed by atoms with van der Waals surface area (Å²) < 4.78 is 35.7. The Morgan fingerprint density at radius 3 is 2.88 bits per heavy atom. The molecule has 1 unspecified atom stereocenters. The second-order valence-corrected chi connectivity index (χ2v) is 3.31. The first-order valence-electron chi connectivity index (χ1n) is 4.69. The van der Waals surface area contributed by atoms with Crippen LogP contribution < -0.4 is 10.5 Å². The fourth-order valence-electron chi connectivity index (χ4n) is 1.28. The molecule has 16 heavy (non-hydrogen) atoms. The Balaban J connectivity index is 1.88. The molecule has 1 aliphatic rings. The quantitative estimate of drug-likeness (QED) is 0.841. The smallest absolute Gasteiger partial charge is 0.282 e. The third-order valence-electron chi connectivity index (χ3n) is 2.07. The van der Waals surface area contributed by atoms with Crippen LogP contribution in [0.1, 0.15) is 0 Å². The molecule has 0 fully saturated rings. The maximum absolute atomic E-state index is 12.8. The van der Waals surface area contributed by atoms with E-state index in [0.717, 1.165) is 12.1 Å². The molecule has 0 radical (unpaired) electrons. The van der Waals surface area contributed by atoms with Gasteiger partial charge in [-0.2, -0.15) is 0 Å². The molecular formula is C10H10F2N2O2. The Bertz CT molecular complexity index is 423. The van der Waals surface area contributed by atoms with Gasteiger partial charge in [-0.1, -0.05) is 0 Å². The van der Waals surface area contributed by atoms with Crippen LogP contribution in [0, 0.1) is 11.6 Å². The van der Waals surface area contributed by atoms with Crippen molar-refractivity contribution in [3.63, 3.8) is 0 Å². The number of aliphatic imine (C=N–C) groups is 1. The van der Waals surface area contributed by atoms with Crippen molar-refractivity contribution in [3.05, 3.63) is 29.8 Å². The van der Waals surface area contributed by atoms with Crippen LogP contribution in [0.2, 0.25) is 0 Å². The lowest BCUT2D eigenvalue weighted by molar-refractivity contribution is 0.141. The number of nitrogens with two attached hydrogens (primary N) is 1. The molecule has 0 bridgehead atoms. The van der Waals surface area contributed by atoms with E-state index in [0.29, 0.717) is 6.54 Å². The van der Waals surface area contributed by atoms with Gasteiger partial charge in [0.2, 0.25) is 0 Å². The highest BCUT2D eigenvalue weighted by Crippen LogP contribution is 2.16. The highest BCUT2D eigenvalue weighted by Gasteiger charge is 2.18. The van der Waals surface area contributed by atoms with E-state index in [9.17, 15) is 8.78 Å². The first-order chi connectivity index (χ1) is 7.65. The summed E-state index contributed by atoms with van der Waals surface area (Å²) in [5.74, 6) is -1.61. The molecule has 4 nitrogen and oxygen atoms in total. The zero-order valence-electron chi connectivity index (χ0n) is 8.32. The molecule has 0 saturated heterocycles. The average molecular weight is 228 g/mol. The Hall–Kier alpha value is -1.85. The van der Waals surface area contributed by atoms with E-state index in [4.69, 9.17) is 15.2 Å². The molecular weight excluding hydrogens is 218 g/mol. The monoisotopic (exact) mass is 228 g/mol. The van der Waals surface area contributed by atoms with Crippen LogP contribution in [-0.4, -0.2) is 25.3 Å². The van der Waals surface area contributed by atoms with Crippen LogP contribution in [0.5, 0.6) is 5.75 Å². The van der Waals surface area contributed by atoms with E-state index < -0.39 is 11.6 Å². The molecule has 1 aromatic carbocycles. The first kappa shape index (κ1) is 10.7. The number of halogens is 2. The normalized spacial score (nSPS) is 19.1. The minimum Gasteiger partial charge on any atom is -0.490 e. The summed E-state index contributed by atoms with van der Waals surface area (Å²) in [5, 5.41) is 0. The molecule has 0 saturated carbocycles. The van der Waals surface area contributed by atoms with Crippen LogP contribution in [-0.2, 0) is 4.74 Å². The lowest BCUT2D eigenvalue weighted by atomic mass is 10.3. The topological polar surface area (TPSA) is 56.8 Å². The zero-order valence-corrected chi connectivity index (χ0v) is 8.32. The number of hydrogen-bond donors (Lipinski definition) is 1. The summed E-state index contributed by atoms with van der Waals surface area (Å²) >= 11 is 0. The minimum atomic E-state index is -0.944. The largest absolute Gasteiger partial charge is 0.490 e. The van der Waals surface area contributed by atoms with Crippen molar-refractivity contribution in [2.75, 3.05) is 13.2 Å². The van der Waals surface area contributed by atoms with Gasteiger partial charge in [0.1, 0.15) is 12.4 Å². The predicted molar refractivity (Wildman–Crippen MR) is 53.2 cm³/mol. The third-order valence-corrected chi connectivity index (χ3v) is 2.07. The van der Waals surface area contributed by atoms with E-state index in [2.05, 4.69) is 4.99 Å². The number of nitrogens with zero attached hydrogens (tertiary/aromatic N) is 1. The van der Waals surface area contributed by atoms with Crippen molar-refractivity contribution in [2.45, 2.75) is 6.10 Å². The molecule has 86 valence electrons. The number of amidine groups is 1. The van der Waals surface area contributed by atoms with Crippen molar-refractivity contribution in [1.82, 2.24) is 0 Å². The van der Waals surface area contributed by atoms with Crippen molar-refractivity contribution < 1.29 is 18.3 Å². The SMILES string of the molecule is NC1=NCC(COc2ccc(F)c(F)c2)O1. The van der Waals surface area contributed by atoms with Crippen LogP contribution in [0.4, 0.5) is 8.78 Å². The molecule has 1 heterocycles. The second kappa shape index (κ2) is 4.34. The minimum absolute atomic E-state index is 0.124. The van der Waals surface area contributed by atoms with Gasteiger partial charge in [-0.15, -0.1) is 0 Å². The summed E-state index contributed by atoms with van der Waals surface area (Å²) in [6.07, 6.45) is -0.270. The summed E-state index contributed by atoms with van der Waals surface area (Å²) in [6, 6.07) is 3.45. The lowest BCUT2D eigenvalue weighted by Gasteiger charge is -2.11. The van der Waals surface area contributed by atoms with E-state index in [1.807, 2.05) is 0 Å². The standard InChI is InChI=1S/C10H10F2N2O2/c11-8-2-1-6(3-9(8)12)15-5-7-4-14-10(13)16-7/h1-3,7H,4-5H2,(H2,13,14). The van der Waals surface area contributed by atoms with Crippen molar-refractivity contribution in [3.8, 4) is 5.75 Å². The number of hydrogen-bond acceptors (Lipinski definition) is 4. The second-order valence-electron chi connectivity index (χ2n) is 3.31. The number of rotatable bonds is 3. The molecule has 0 spiro atoms. The van der Waals surface area contributed by atoms with E-state index in [1.165, 1.54) is 6.07 Å². The third kappa shape index (κ3) is 2.39. The van der Waals surface area contributed by atoms with Crippen molar-refractivity contribution in [1.29, 1.82) is 0 Å². The van der Waals surface area contributed by atoms with E-state index >= 15 is 0 Å². The zero-order chi connectivity index (χ0) is 11.5. The number of benzene rings is 1. The molecule has 0 amide bonds. The Labute approximate surface area is 90.7 Å². The molecule has 0 aliphatic carbocycles. The Morgan fingerprint density at radius 2 is 2.25 bits per heavy atom. The predicted octanol–water partition coefficient (Wildman–Crippen LogP) is 1.06. The number of ether oxygens (including phenoxy) is 2. The molecule has 2 rings (SSSR count). The van der Waals surface area contributed by atoms with Crippen LogP contribution in [0.3, 0.4) is 0 Å². The summed E-state index contributed by atoms with van der Waals surface area (Å²) in [6.45, 7) is 0.602. The van der Waals surface area contributed by atoms with Gasteiger partial charge in [0.15, 0.2) is 17.7 Å². The van der Waals surface area contributed by atoms with Crippen LogP contribution in [0.25, 0.3) is 0 Å². The maximum Gasteiger partial charge on any atom is 0.282 e. The summed E-state index contributed by atoms with van der Waals surface area (Å²) in [5.41, 5.74) is 5.30. The van der Waals surface area contributed by atoms with Gasteiger partial charge in [0.05, 0.1) is 6.54 Å². The first-order valence-corrected chi connectivity index (χ1v) is 4.69. The van der Waals surface area contributed by atoms with E-state index in [1.54, 1.807) is 0 Å². The summed E-state index contributed by atoms with van der Waals surface area (Å²) in [7, 11) is 0. The average Bonchev–Trinajstić information content (AvgIpc) is 2.66. The van der Waals surface area contributed by atoms with Crippen LogP contribution >= 0.6 is 0 Å². The highest BCUT2D eigenvalue weighted by molar-refractivity contribution is 5.72. The lowest BCUT2D eigenvalue weighted by Crippen LogP contribution is -2.24. The molecule has 1 atom stereocenters. The van der Waals surface area contributed by atoms with Crippen molar-refractivity contribution >= 4 is 6.02 Å². The van der Waals surface area contributed by atoms with Crippen LogP contribution in [0.15, 0.2) is 23.2 Å². The van der Waals surface area contributed by atoms with Gasteiger partial charge in [-0.3, -0.25) is 0 Å². The van der Waals surface area contributed by atoms with Gasteiger partial charge >= 0.3 is 0 Å². The molecule has 6 heteroatoms. The maximum atomic E-state index is 12.8. The van der Waals surface area contributed by atoms with Crippen molar-refractivity contribution in [2.24, 2.45) is 10.7 Å². The molecule has 2 N–H and O–H groups in total. The van der Waals surface area contributed by atoms with Gasteiger partial charge < -0.3 is 15.2 Å². The fraction of sp³-hybridized carbons (Fsp3) is 0.300. The Kier molecular flexibility index (Phi) is 2.89. The van der Waals surface area contributed by atoms with E-state index in [-0.39, 0.29) is 24.5 Å². The molecule has 1 aromatic rings. The highest BCUT2D eigenvalue weighted by atomic mass is 19.2. The van der Waals surface area contributed by atoms with Gasteiger partial charge in [0.25, 0.3) is 6.02 Å². The van der Waals surface area contributed by atoms with Gasteiger partial charge in [-0.05, 0) is 12.1 Å².